The van der Waals surface area contributed by atoms with Gasteiger partial charge in [0, 0.05) is 19.2 Å². The Morgan fingerprint density at radius 2 is 1.87 bits per heavy atom. The van der Waals surface area contributed by atoms with E-state index in [4.69, 9.17) is 14.2 Å². The van der Waals surface area contributed by atoms with E-state index in [1.807, 2.05) is 0 Å². The molecule has 0 spiro atoms. The fourth-order valence-electron chi connectivity index (χ4n) is 4.43. The maximum absolute atomic E-state index is 13.6. The van der Waals surface area contributed by atoms with Gasteiger partial charge in [0.1, 0.15) is 24.2 Å². The minimum Gasteiger partial charge on any atom is -0.490 e. The van der Waals surface area contributed by atoms with E-state index in [0.29, 0.717) is 19.7 Å². The van der Waals surface area contributed by atoms with Gasteiger partial charge in [0.15, 0.2) is 17.5 Å². The molecule has 0 aliphatic carbocycles. The van der Waals surface area contributed by atoms with Crippen LogP contribution in [0.25, 0.3) is 0 Å². The minimum absolute atomic E-state index is 0.0725. The Hall–Kier alpha value is -2.45. The fourth-order valence-corrected chi connectivity index (χ4v) is 4.43. The lowest BCUT2D eigenvalue weighted by Gasteiger charge is -2.36. The molecule has 2 heterocycles. The second-order valence-electron chi connectivity index (χ2n) is 7.93. The van der Waals surface area contributed by atoms with Gasteiger partial charge in [-0.2, -0.15) is 0 Å². The van der Waals surface area contributed by atoms with Gasteiger partial charge in [-0.3, -0.25) is 0 Å². The van der Waals surface area contributed by atoms with Gasteiger partial charge in [0.25, 0.3) is 0 Å². The van der Waals surface area contributed by atoms with Gasteiger partial charge < -0.3 is 24.4 Å². The molecular formula is C23H27F3N2O3. The molecular weight excluding hydrogens is 409 g/mol. The number of halogens is 3. The van der Waals surface area contributed by atoms with Gasteiger partial charge in [0.2, 0.25) is 0 Å². The molecule has 2 aliphatic rings. The maximum atomic E-state index is 13.6. The summed E-state index contributed by atoms with van der Waals surface area (Å²) in [7, 11) is 1.54. The molecule has 0 saturated carbocycles. The summed E-state index contributed by atoms with van der Waals surface area (Å²) in [5.41, 5.74) is 4.86. The molecule has 2 aromatic carbocycles. The summed E-state index contributed by atoms with van der Waals surface area (Å²) in [5, 5.41) is 3.43. The first-order valence-corrected chi connectivity index (χ1v) is 10.5. The van der Waals surface area contributed by atoms with Crippen LogP contribution in [0.2, 0.25) is 0 Å². The van der Waals surface area contributed by atoms with E-state index in [9.17, 15) is 13.2 Å². The minimum atomic E-state index is -1.51. The van der Waals surface area contributed by atoms with Gasteiger partial charge in [-0.25, -0.2) is 13.2 Å². The first-order chi connectivity index (χ1) is 15.0. The number of benzene rings is 2. The molecule has 1 atom stereocenters. The van der Waals surface area contributed by atoms with E-state index >= 15 is 0 Å². The van der Waals surface area contributed by atoms with Crippen LogP contribution in [0, 0.1) is 24.4 Å². The standard InChI is InChI=1S/C23H27F3N2O3/c1-14-18-4-6-27-5-3-15(18)9-21-23(14)28(7-8-30-21)12-17(13-29-2)31-16-10-19(24)22(26)20(25)11-16/h9-11,17,27H,3-8,12-13H2,1-2H3. The molecule has 168 valence electrons. The average molecular weight is 436 g/mol. The highest BCUT2D eigenvalue weighted by atomic mass is 19.2. The van der Waals surface area contributed by atoms with Crippen LogP contribution in [-0.4, -0.2) is 52.6 Å². The molecule has 2 aromatic rings. The van der Waals surface area contributed by atoms with Crippen molar-refractivity contribution in [3.63, 3.8) is 0 Å². The lowest BCUT2D eigenvalue weighted by molar-refractivity contribution is 0.0830. The second kappa shape index (κ2) is 9.36. The smallest absolute Gasteiger partial charge is 0.194 e. The summed E-state index contributed by atoms with van der Waals surface area (Å²) < 4.78 is 57.6. The lowest BCUT2D eigenvalue weighted by atomic mass is 9.94. The molecule has 2 aliphatic heterocycles. The lowest BCUT2D eigenvalue weighted by Crippen LogP contribution is -2.42. The van der Waals surface area contributed by atoms with Crippen LogP contribution < -0.4 is 19.7 Å². The van der Waals surface area contributed by atoms with Crippen molar-refractivity contribution >= 4 is 5.69 Å². The Balaban J connectivity index is 1.60. The number of hydrogen-bond acceptors (Lipinski definition) is 5. The third-order valence-electron chi connectivity index (χ3n) is 5.83. The highest BCUT2D eigenvalue weighted by molar-refractivity contribution is 5.69. The van der Waals surface area contributed by atoms with E-state index < -0.39 is 23.6 Å². The summed E-state index contributed by atoms with van der Waals surface area (Å²) in [4.78, 5) is 2.17. The molecule has 8 heteroatoms. The van der Waals surface area contributed by atoms with Gasteiger partial charge in [-0.1, -0.05) is 0 Å². The third kappa shape index (κ3) is 4.60. The molecule has 5 nitrogen and oxygen atoms in total. The van der Waals surface area contributed by atoms with Crippen molar-refractivity contribution in [3.8, 4) is 11.5 Å². The zero-order valence-electron chi connectivity index (χ0n) is 17.8. The van der Waals surface area contributed by atoms with Gasteiger partial charge in [0.05, 0.1) is 25.4 Å². The van der Waals surface area contributed by atoms with Crippen molar-refractivity contribution < 1.29 is 27.4 Å². The van der Waals surface area contributed by atoms with Crippen LogP contribution in [0.1, 0.15) is 16.7 Å². The van der Waals surface area contributed by atoms with Crippen molar-refractivity contribution in [2.45, 2.75) is 25.9 Å². The van der Waals surface area contributed by atoms with E-state index in [0.717, 1.165) is 49.5 Å². The van der Waals surface area contributed by atoms with Crippen LogP contribution in [0.4, 0.5) is 18.9 Å². The van der Waals surface area contributed by atoms with Crippen molar-refractivity contribution in [2.75, 3.05) is 51.4 Å². The zero-order valence-corrected chi connectivity index (χ0v) is 17.8. The maximum Gasteiger partial charge on any atom is 0.194 e. The third-order valence-corrected chi connectivity index (χ3v) is 5.83. The van der Waals surface area contributed by atoms with Crippen molar-refractivity contribution in [1.29, 1.82) is 0 Å². The van der Waals surface area contributed by atoms with Crippen LogP contribution in [0.15, 0.2) is 18.2 Å². The topological polar surface area (TPSA) is 43.0 Å². The van der Waals surface area contributed by atoms with Crippen LogP contribution in [0.3, 0.4) is 0 Å². The molecule has 0 bridgehead atoms. The number of hydrogen-bond donors (Lipinski definition) is 1. The van der Waals surface area contributed by atoms with E-state index in [1.165, 1.54) is 23.8 Å². The Morgan fingerprint density at radius 3 is 2.61 bits per heavy atom. The average Bonchev–Trinajstić information content (AvgIpc) is 2.98. The highest BCUT2D eigenvalue weighted by Crippen LogP contribution is 2.39. The number of nitrogens with one attached hydrogen (secondary N) is 1. The summed E-state index contributed by atoms with van der Waals surface area (Å²) in [5.74, 6) is -3.30. The molecule has 31 heavy (non-hydrogen) atoms. The monoisotopic (exact) mass is 436 g/mol. The molecule has 0 radical (unpaired) electrons. The molecule has 1 N–H and O–H groups in total. The second-order valence-corrected chi connectivity index (χ2v) is 7.93. The Kier molecular flexibility index (Phi) is 6.57. The number of anilines is 1. The van der Waals surface area contributed by atoms with Crippen LogP contribution in [0.5, 0.6) is 11.5 Å². The summed E-state index contributed by atoms with van der Waals surface area (Å²) in [6.45, 7) is 5.82. The first-order valence-electron chi connectivity index (χ1n) is 10.5. The predicted molar refractivity (Wildman–Crippen MR) is 112 cm³/mol. The normalized spacial score (nSPS) is 16.7. The van der Waals surface area contributed by atoms with Gasteiger partial charge >= 0.3 is 0 Å². The van der Waals surface area contributed by atoms with Gasteiger partial charge in [-0.05, 0) is 55.6 Å². The molecule has 0 fully saturated rings. The first kappa shape index (κ1) is 21.8. The van der Waals surface area contributed by atoms with Crippen LogP contribution in [-0.2, 0) is 17.6 Å². The van der Waals surface area contributed by atoms with Crippen molar-refractivity contribution in [3.05, 3.63) is 52.3 Å². The zero-order chi connectivity index (χ0) is 22.0. The fraction of sp³-hybridized carbons (Fsp3) is 0.478. The number of methoxy groups -OCH3 is 1. The Morgan fingerprint density at radius 1 is 1.13 bits per heavy atom. The summed E-state index contributed by atoms with van der Waals surface area (Å²) in [6, 6.07) is 3.84. The molecule has 0 amide bonds. The number of fused-ring (bicyclic) bond motifs is 2. The largest absolute Gasteiger partial charge is 0.490 e. The summed E-state index contributed by atoms with van der Waals surface area (Å²) >= 11 is 0. The molecule has 1 unspecified atom stereocenters. The van der Waals surface area contributed by atoms with E-state index in [2.05, 4.69) is 23.2 Å². The van der Waals surface area contributed by atoms with E-state index in [-0.39, 0.29) is 12.4 Å². The Labute approximate surface area is 180 Å². The van der Waals surface area contributed by atoms with Crippen LogP contribution >= 0.6 is 0 Å². The van der Waals surface area contributed by atoms with Crippen molar-refractivity contribution in [1.82, 2.24) is 5.32 Å². The SMILES string of the molecule is COCC(CN1CCOc2cc3c(c(C)c21)CCNCC3)Oc1cc(F)c(F)c(F)c1. The van der Waals surface area contributed by atoms with Gasteiger partial charge in [-0.15, -0.1) is 0 Å². The predicted octanol–water partition coefficient (Wildman–Crippen LogP) is 3.39. The Bertz CT molecular complexity index is 931. The number of ether oxygens (including phenoxy) is 3. The summed E-state index contributed by atoms with van der Waals surface area (Å²) in [6.07, 6.45) is 1.40. The number of nitrogens with zero attached hydrogens (tertiary/aromatic N) is 1. The highest BCUT2D eigenvalue weighted by Gasteiger charge is 2.27. The number of rotatable bonds is 6. The molecule has 0 saturated heterocycles. The molecule has 0 aromatic heterocycles. The molecule has 4 rings (SSSR count). The van der Waals surface area contributed by atoms with Crippen molar-refractivity contribution in [2.24, 2.45) is 0 Å². The van der Waals surface area contributed by atoms with E-state index in [1.54, 1.807) is 0 Å². The quantitative estimate of drug-likeness (QED) is 0.704.